The Morgan fingerprint density at radius 3 is 2.38 bits per heavy atom. The van der Waals surface area contributed by atoms with E-state index in [1.54, 1.807) is 0 Å². The predicted octanol–water partition coefficient (Wildman–Crippen LogP) is 3.06. The number of allylic oxidation sites excluding steroid dienone is 2. The van der Waals surface area contributed by atoms with E-state index in [2.05, 4.69) is 26.8 Å². The van der Waals surface area contributed by atoms with Gasteiger partial charge in [-0.15, -0.1) is 0 Å². The summed E-state index contributed by atoms with van der Waals surface area (Å²) in [6.45, 7) is 10.2. The molecule has 0 saturated carbocycles. The molecule has 1 nitrogen and oxygen atoms in total. The van der Waals surface area contributed by atoms with Crippen LogP contribution in [0.4, 0.5) is 0 Å². The van der Waals surface area contributed by atoms with E-state index in [9.17, 15) is 5.11 Å². The second-order valence-corrected chi connectivity index (χ2v) is 4.73. The van der Waals surface area contributed by atoms with Crippen molar-refractivity contribution >= 4 is 0 Å². The third-order valence-electron chi connectivity index (χ3n) is 2.78. The number of hydrogen-bond acceptors (Lipinski definition) is 1. The van der Waals surface area contributed by atoms with Crippen molar-refractivity contribution in [2.45, 2.75) is 46.6 Å². The zero-order valence-corrected chi connectivity index (χ0v) is 9.31. The van der Waals surface area contributed by atoms with Crippen molar-refractivity contribution in [3.05, 3.63) is 22.8 Å². The standard InChI is InChI=1S/C12H20O/c1-8-6-9(2)10(3)11(7-8)12(4,5)13/h7-8,13H,6H2,1-5H3. The Hall–Kier alpha value is -0.560. The number of aliphatic hydroxyl groups is 1. The fraction of sp³-hybridized carbons (Fsp3) is 0.667. The topological polar surface area (TPSA) is 20.2 Å². The van der Waals surface area contributed by atoms with Crippen molar-refractivity contribution in [2.75, 3.05) is 0 Å². The van der Waals surface area contributed by atoms with E-state index in [1.807, 2.05) is 13.8 Å². The molecule has 0 aromatic heterocycles. The highest BCUT2D eigenvalue weighted by Crippen LogP contribution is 2.33. The molecule has 0 spiro atoms. The third-order valence-corrected chi connectivity index (χ3v) is 2.78. The normalized spacial score (nSPS) is 24.8. The van der Waals surface area contributed by atoms with Crippen LogP contribution >= 0.6 is 0 Å². The van der Waals surface area contributed by atoms with E-state index in [0.29, 0.717) is 5.92 Å². The van der Waals surface area contributed by atoms with Gasteiger partial charge in [-0.25, -0.2) is 0 Å². The molecule has 1 aliphatic carbocycles. The average molecular weight is 180 g/mol. The Kier molecular flexibility index (Phi) is 2.67. The van der Waals surface area contributed by atoms with Crippen LogP contribution in [0.15, 0.2) is 22.8 Å². The molecule has 0 aromatic rings. The van der Waals surface area contributed by atoms with Gasteiger partial charge in [-0.2, -0.15) is 0 Å². The fourth-order valence-corrected chi connectivity index (χ4v) is 2.00. The predicted molar refractivity (Wildman–Crippen MR) is 56.5 cm³/mol. The molecule has 0 aliphatic heterocycles. The van der Waals surface area contributed by atoms with Gasteiger partial charge in [-0.05, 0) is 51.2 Å². The first kappa shape index (κ1) is 10.5. The molecule has 0 amide bonds. The van der Waals surface area contributed by atoms with Crippen molar-refractivity contribution in [2.24, 2.45) is 5.92 Å². The van der Waals surface area contributed by atoms with Crippen molar-refractivity contribution < 1.29 is 5.11 Å². The minimum absolute atomic E-state index is 0.560. The maximum atomic E-state index is 9.95. The Morgan fingerprint density at radius 1 is 1.38 bits per heavy atom. The second kappa shape index (κ2) is 3.30. The highest BCUT2D eigenvalue weighted by atomic mass is 16.3. The van der Waals surface area contributed by atoms with Gasteiger partial charge in [0.25, 0.3) is 0 Å². The van der Waals surface area contributed by atoms with E-state index in [-0.39, 0.29) is 0 Å². The maximum absolute atomic E-state index is 9.95. The van der Waals surface area contributed by atoms with Gasteiger partial charge < -0.3 is 5.11 Å². The van der Waals surface area contributed by atoms with E-state index >= 15 is 0 Å². The lowest BCUT2D eigenvalue weighted by molar-refractivity contribution is 0.120. The largest absolute Gasteiger partial charge is 0.386 e. The first-order valence-electron chi connectivity index (χ1n) is 4.93. The van der Waals surface area contributed by atoms with Crippen LogP contribution in [0.5, 0.6) is 0 Å². The van der Waals surface area contributed by atoms with Gasteiger partial charge in [0.1, 0.15) is 0 Å². The first-order chi connectivity index (χ1) is 5.82. The highest BCUT2D eigenvalue weighted by molar-refractivity contribution is 5.41. The fourth-order valence-electron chi connectivity index (χ4n) is 2.00. The molecular weight excluding hydrogens is 160 g/mol. The molecule has 0 saturated heterocycles. The van der Waals surface area contributed by atoms with Gasteiger partial charge in [-0.1, -0.05) is 18.6 Å². The van der Waals surface area contributed by atoms with Crippen LogP contribution in [0, 0.1) is 5.92 Å². The molecule has 1 unspecified atom stereocenters. The van der Waals surface area contributed by atoms with Crippen LogP contribution in [0.2, 0.25) is 0 Å². The Balaban J connectivity index is 3.08. The molecule has 0 fully saturated rings. The van der Waals surface area contributed by atoms with Gasteiger partial charge in [0.05, 0.1) is 5.60 Å². The third kappa shape index (κ3) is 2.22. The van der Waals surface area contributed by atoms with Crippen LogP contribution in [0.1, 0.15) is 41.0 Å². The number of hydrogen-bond donors (Lipinski definition) is 1. The lowest BCUT2D eigenvalue weighted by Crippen LogP contribution is -2.25. The van der Waals surface area contributed by atoms with Gasteiger partial charge in [0, 0.05) is 0 Å². The monoisotopic (exact) mass is 180 g/mol. The summed E-state index contributed by atoms with van der Waals surface area (Å²) in [6, 6.07) is 0. The number of rotatable bonds is 1. The van der Waals surface area contributed by atoms with Crippen LogP contribution in [-0.4, -0.2) is 10.7 Å². The van der Waals surface area contributed by atoms with Crippen LogP contribution in [0.25, 0.3) is 0 Å². The van der Waals surface area contributed by atoms with Crippen LogP contribution < -0.4 is 0 Å². The van der Waals surface area contributed by atoms with E-state index in [1.165, 1.54) is 11.1 Å². The summed E-state index contributed by atoms with van der Waals surface area (Å²) in [5.41, 5.74) is 3.08. The summed E-state index contributed by atoms with van der Waals surface area (Å²) in [5.74, 6) is 0.560. The lowest BCUT2D eigenvalue weighted by atomic mass is 9.80. The molecule has 74 valence electrons. The molecule has 1 rings (SSSR count). The van der Waals surface area contributed by atoms with Crippen molar-refractivity contribution in [1.29, 1.82) is 0 Å². The SMILES string of the molecule is CC1=C(C)C(C(C)(C)O)=CC(C)C1. The van der Waals surface area contributed by atoms with E-state index < -0.39 is 5.60 Å². The zero-order valence-electron chi connectivity index (χ0n) is 9.31. The van der Waals surface area contributed by atoms with E-state index in [0.717, 1.165) is 12.0 Å². The zero-order chi connectivity index (χ0) is 10.2. The van der Waals surface area contributed by atoms with Crippen molar-refractivity contribution in [3.63, 3.8) is 0 Å². The molecule has 0 bridgehead atoms. The maximum Gasteiger partial charge on any atom is 0.0840 e. The molecule has 1 atom stereocenters. The molecule has 0 heterocycles. The van der Waals surface area contributed by atoms with Gasteiger partial charge in [-0.3, -0.25) is 0 Å². The molecule has 0 aromatic carbocycles. The Labute approximate surface area is 81.2 Å². The molecule has 1 heteroatoms. The average Bonchev–Trinajstić information content (AvgIpc) is 1.94. The summed E-state index contributed by atoms with van der Waals surface area (Å²) in [5, 5.41) is 9.95. The smallest absolute Gasteiger partial charge is 0.0840 e. The van der Waals surface area contributed by atoms with Crippen LogP contribution in [0.3, 0.4) is 0 Å². The van der Waals surface area contributed by atoms with Gasteiger partial charge >= 0.3 is 0 Å². The molecule has 13 heavy (non-hydrogen) atoms. The van der Waals surface area contributed by atoms with Crippen molar-refractivity contribution in [3.8, 4) is 0 Å². The quantitative estimate of drug-likeness (QED) is 0.657. The highest BCUT2D eigenvalue weighted by Gasteiger charge is 2.25. The summed E-state index contributed by atoms with van der Waals surface area (Å²) < 4.78 is 0. The minimum Gasteiger partial charge on any atom is -0.386 e. The summed E-state index contributed by atoms with van der Waals surface area (Å²) in [4.78, 5) is 0. The Morgan fingerprint density at radius 2 is 1.92 bits per heavy atom. The second-order valence-electron chi connectivity index (χ2n) is 4.73. The lowest BCUT2D eigenvalue weighted by Gasteiger charge is -2.29. The first-order valence-corrected chi connectivity index (χ1v) is 4.93. The summed E-state index contributed by atoms with van der Waals surface area (Å²) >= 11 is 0. The van der Waals surface area contributed by atoms with Crippen molar-refractivity contribution in [1.82, 2.24) is 0 Å². The minimum atomic E-state index is -0.694. The van der Waals surface area contributed by atoms with Gasteiger partial charge in [0.2, 0.25) is 0 Å². The molecule has 1 N–H and O–H groups in total. The molecule has 1 aliphatic rings. The van der Waals surface area contributed by atoms with Gasteiger partial charge in [0.15, 0.2) is 0 Å². The molecular formula is C12H20O. The summed E-state index contributed by atoms with van der Waals surface area (Å²) in [7, 11) is 0. The summed E-state index contributed by atoms with van der Waals surface area (Å²) in [6.07, 6.45) is 3.33. The van der Waals surface area contributed by atoms with Crippen LogP contribution in [-0.2, 0) is 0 Å². The van der Waals surface area contributed by atoms with E-state index in [4.69, 9.17) is 0 Å². The molecule has 0 radical (unpaired) electrons. The Bertz CT molecular complexity index is 263.